The summed E-state index contributed by atoms with van der Waals surface area (Å²) in [6.07, 6.45) is 6.93. The van der Waals surface area contributed by atoms with Gasteiger partial charge < -0.3 is 14.7 Å². The second-order valence-electron chi connectivity index (χ2n) is 5.43. The molecule has 116 valence electrons. The summed E-state index contributed by atoms with van der Waals surface area (Å²) in [6.45, 7) is 3.63. The molecule has 1 saturated heterocycles. The molecule has 0 bridgehead atoms. The average molecular weight is 285 g/mol. The van der Waals surface area contributed by atoms with Crippen LogP contribution in [0.3, 0.4) is 0 Å². The first-order valence-electron chi connectivity index (χ1n) is 7.74. The Morgan fingerprint density at radius 2 is 2.10 bits per heavy atom. The molecule has 1 aliphatic heterocycles. The fourth-order valence-electron chi connectivity index (χ4n) is 2.62. The molecule has 5 heteroatoms. The minimum atomic E-state index is -0.793. The van der Waals surface area contributed by atoms with Gasteiger partial charge in [0, 0.05) is 25.6 Å². The van der Waals surface area contributed by atoms with Crippen LogP contribution in [-0.4, -0.2) is 47.7 Å². The summed E-state index contributed by atoms with van der Waals surface area (Å²) >= 11 is 0. The van der Waals surface area contributed by atoms with Gasteiger partial charge >= 0.3 is 5.97 Å². The lowest BCUT2D eigenvalue weighted by Crippen LogP contribution is -2.45. The third-order valence-corrected chi connectivity index (χ3v) is 3.76. The number of unbranched alkanes of at least 4 members (excludes halogenated alkanes) is 2. The Hall–Kier alpha value is -1.10. The van der Waals surface area contributed by atoms with Crippen LogP contribution in [0.5, 0.6) is 0 Å². The number of aliphatic carboxylic acids is 1. The minimum absolute atomic E-state index is 0.0107. The smallest absolute Gasteiger partial charge is 0.303 e. The minimum Gasteiger partial charge on any atom is -0.481 e. The Morgan fingerprint density at radius 1 is 1.30 bits per heavy atom. The van der Waals surface area contributed by atoms with Crippen molar-refractivity contribution in [3.8, 4) is 0 Å². The van der Waals surface area contributed by atoms with Crippen LogP contribution >= 0.6 is 0 Å². The molecular weight excluding hydrogens is 258 g/mol. The molecule has 1 heterocycles. The molecule has 1 aliphatic rings. The van der Waals surface area contributed by atoms with Crippen LogP contribution in [0.25, 0.3) is 0 Å². The van der Waals surface area contributed by atoms with Gasteiger partial charge in [0.1, 0.15) is 6.61 Å². The van der Waals surface area contributed by atoms with Crippen molar-refractivity contribution in [1.82, 2.24) is 4.90 Å². The van der Waals surface area contributed by atoms with Gasteiger partial charge in [-0.05, 0) is 32.1 Å². The standard InChI is InChI=1S/C15H27NO4/c1-2-3-6-11-20-12-14(17)16-10-5-4-7-13(16)8-9-15(18)19/h13H,2-12H2,1H3,(H,18,19). The van der Waals surface area contributed by atoms with Gasteiger partial charge in [0.2, 0.25) is 5.91 Å². The number of likely N-dealkylation sites (tertiary alicyclic amines) is 1. The summed E-state index contributed by atoms with van der Waals surface area (Å²) < 4.78 is 5.42. The van der Waals surface area contributed by atoms with Gasteiger partial charge in [-0.1, -0.05) is 19.8 Å². The van der Waals surface area contributed by atoms with Crippen LogP contribution in [-0.2, 0) is 14.3 Å². The Kier molecular flexibility index (Phi) is 8.26. The van der Waals surface area contributed by atoms with Crippen molar-refractivity contribution in [3.05, 3.63) is 0 Å². The summed E-state index contributed by atoms with van der Waals surface area (Å²) in [5.74, 6) is -0.782. The van der Waals surface area contributed by atoms with Crippen molar-refractivity contribution in [3.63, 3.8) is 0 Å². The van der Waals surface area contributed by atoms with Crippen molar-refractivity contribution in [2.24, 2.45) is 0 Å². The molecule has 1 fully saturated rings. The molecule has 1 atom stereocenters. The second-order valence-corrected chi connectivity index (χ2v) is 5.43. The molecule has 1 unspecified atom stereocenters. The zero-order chi connectivity index (χ0) is 14.8. The summed E-state index contributed by atoms with van der Waals surface area (Å²) in [6, 6.07) is 0.0755. The van der Waals surface area contributed by atoms with E-state index in [1.807, 2.05) is 4.90 Å². The molecule has 0 radical (unpaired) electrons. The molecule has 5 nitrogen and oxygen atoms in total. The van der Waals surface area contributed by atoms with Crippen molar-refractivity contribution in [2.45, 2.75) is 64.3 Å². The maximum absolute atomic E-state index is 12.1. The first kappa shape index (κ1) is 17.0. The first-order valence-corrected chi connectivity index (χ1v) is 7.74. The molecule has 0 aromatic rings. The van der Waals surface area contributed by atoms with Crippen LogP contribution in [0.4, 0.5) is 0 Å². The van der Waals surface area contributed by atoms with Gasteiger partial charge in [-0.25, -0.2) is 0 Å². The maximum atomic E-state index is 12.1. The van der Waals surface area contributed by atoms with E-state index >= 15 is 0 Å². The lowest BCUT2D eigenvalue weighted by atomic mass is 9.98. The van der Waals surface area contributed by atoms with Crippen molar-refractivity contribution >= 4 is 11.9 Å². The number of ether oxygens (including phenoxy) is 1. The Morgan fingerprint density at radius 3 is 2.80 bits per heavy atom. The Labute approximate surface area is 121 Å². The fraction of sp³-hybridized carbons (Fsp3) is 0.867. The Balaban J connectivity index is 2.32. The van der Waals surface area contributed by atoms with Gasteiger partial charge in [0.15, 0.2) is 0 Å². The number of nitrogens with zero attached hydrogens (tertiary/aromatic N) is 1. The number of piperidine rings is 1. The molecule has 1 N–H and O–H groups in total. The Bertz CT molecular complexity index is 306. The van der Waals surface area contributed by atoms with E-state index in [1.165, 1.54) is 0 Å². The highest BCUT2D eigenvalue weighted by Gasteiger charge is 2.26. The van der Waals surface area contributed by atoms with Crippen LogP contribution < -0.4 is 0 Å². The molecule has 1 amide bonds. The zero-order valence-corrected chi connectivity index (χ0v) is 12.5. The number of carboxylic acids is 1. The van der Waals surface area contributed by atoms with Gasteiger partial charge in [-0.15, -0.1) is 0 Å². The summed E-state index contributed by atoms with van der Waals surface area (Å²) in [5.41, 5.74) is 0. The monoisotopic (exact) mass is 285 g/mol. The van der Waals surface area contributed by atoms with E-state index in [2.05, 4.69) is 6.92 Å². The molecule has 0 aromatic carbocycles. The number of rotatable bonds is 9. The zero-order valence-electron chi connectivity index (χ0n) is 12.5. The van der Waals surface area contributed by atoms with Crippen molar-refractivity contribution in [2.75, 3.05) is 19.8 Å². The lowest BCUT2D eigenvalue weighted by Gasteiger charge is -2.35. The quantitative estimate of drug-likeness (QED) is 0.661. The number of hydrogen-bond donors (Lipinski definition) is 1. The average Bonchev–Trinajstić information content (AvgIpc) is 2.45. The normalized spacial score (nSPS) is 19.1. The summed E-state index contributed by atoms with van der Waals surface area (Å²) in [4.78, 5) is 24.6. The number of carbonyl (C=O) groups excluding carboxylic acids is 1. The molecular formula is C15H27NO4. The van der Waals surface area contributed by atoms with E-state index in [1.54, 1.807) is 0 Å². The maximum Gasteiger partial charge on any atom is 0.303 e. The SMILES string of the molecule is CCCCCOCC(=O)N1CCCCC1CCC(=O)O. The predicted octanol–water partition coefficient (Wildman–Crippen LogP) is 2.44. The number of carbonyl (C=O) groups is 2. The van der Waals surface area contributed by atoms with Crippen molar-refractivity contribution < 1.29 is 19.4 Å². The fourth-order valence-corrected chi connectivity index (χ4v) is 2.62. The number of hydrogen-bond acceptors (Lipinski definition) is 3. The molecule has 20 heavy (non-hydrogen) atoms. The summed E-state index contributed by atoms with van der Waals surface area (Å²) in [7, 11) is 0. The number of carboxylic acid groups (broad SMARTS) is 1. The lowest BCUT2D eigenvalue weighted by molar-refractivity contribution is -0.142. The largest absolute Gasteiger partial charge is 0.481 e. The van der Waals surface area contributed by atoms with Gasteiger partial charge in [-0.3, -0.25) is 9.59 Å². The van der Waals surface area contributed by atoms with Crippen LogP contribution in [0.1, 0.15) is 58.3 Å². The number of amides is 1. The molecule has 0 aromatic heterocycles. The molecule has 1 rings (SSSR count). The van der Waals surface area contributed by atoms with Gasteiger partial charge in [0.25, 0.3) is 0 Å². The highest BCUT2D eigenvalue weighted by Crippen LogP contribution is 2.21. The van der Waals surface area contributed by atoms with Crippen LogP contribution in [0.15, 0.2) is 0 Å². The highest BCUT2D eigenvalue weighted by molar-refractivity contribution is 5.78. The summed E-state index contributed by atoms with van der Waals surface area (Å²) in [5, 5.41) is 8.76. The van der Waals surface area contributed by atoms with Crippen LogP contribution in [0.2, 0.25) is 0 Å². The first-order chi connectivity index (χ1) is 9.65. The topological polar surface area (TPSA) is 66.8 Å². The van der Waals surface area contributed by atoms with E-state index in [4.69, 9.17) is 9.84 Å². The molecule has 0 spiro atoms. The highest BCUT2D eigenvalue weighted by atomic mass is 16.5. The third kappa shape index (κ3) is 6.37. The van der Waals surface area contributed by atoms with Crippen molar-refractivity contribution in [1.29, 1.82) is 0 Å². The van der Waals surface area contributed by atoms with E-state index in [0.29, 0.717) is 13.0 Å². The second kappa shape index (κ2) is 9.75. The van der Waals surface area contributed by atoms with Gasteiger partial charge in [0.05, 0.1) is 0 Å². The van der Waals surface area contributed by atoms with E-state index in [0.717, 1.165) is 45.1 Å². The van der Waals surface area contributed by atoms with Crippen LogP contribution in [0, 0.1) is 0 Å². The molecule has 0 saturated carbocycles. The van der Waals surface area contributed by atoms with E-state index in [-0.39, 0.29) is 25.0 Å². The molecule has 0 aliphatic carbocycles. The van der Waals surface area contributed by atoms with Gasteiger partial charge in [-0.2, -0.15) is 0 Å². The van der Waals surface area contributed by atoms with E-state index in [9.17, 15) is 9.59 Å². The third-order valence-electron chi connectivity index (χ3n) is 3.76. The van der Waals surface area contributed by atoms with E-state index < -0.39 is 5.97 Å². The predicted molar refractivity (Wildman–Crippen MR) is 76.6 cm³/mol.